The summed E-state index contributed by atoms with van der Waals surface area (Å²) in [5.74, 6) is -1.11. The first kappa shape index (κ1) is 26.4. The topological polar surface area (TPSA) is 189 Å². The van der Waals surface area contributed by atoms with Gasteiger partial charge in [-0.05, 0) is 47.9 Å². The highest BCUT2D eigenvalue weighted by molar-refractivity contribution is 7.90. The normalized spacial score (nSPS) is 11.9. The number of aromatic nitrogens is 3. The van der Waals surface area contributed by atoms with E-state index >= 15 is 0 Å². The van der Waals surface area contributed by atoms with Crippen molar-refractivity contribution in [2.24, 2.45) is 10.7 Å². The number of carbonyl (C=O) groups excluding carboxylic acids is 1. The van der Waals surface area contributed by atoms with Crippen molar-refractivity contribution in [3.05, 3.63) is 96.6 Å². The molecule has 0 radical (unpaired) electrons. The van der Waals surface area contributed by atoms with Crippen LogP contribution in [0.2, 0.25) is 0 Å². The molecule has 0 aliphatic heterocycles. The van der Waals surface area contributed by atoms with Crippen molar-refractivity contribution in [2.75, 3.05) is 5.73 Å². The fourth-order valence-corrected chi connectivity index (χ4v) is 5.33. The number of hydrogen-bond acceptors (Lipinski definition) is 8. The van der Waals surface area contributed by atoms with E-state index in [-0.39, 0.29) is 34.9 Å². The van der Waals surface area contributed by atoms with Gasteiger partial charge in [0.15, 0.2) is 5.75 Å². The third-order valence-electron chi connectivity index (χ3n) is 6.21. The molecule has 40 heavy (non-hydrogen) atoms. The molecule has 0 fully saturated rings. The number of phenols is 1. The molecule has 202 valence electrons. The van der Waals surface area contributed by atoms with Crippen molar-refractivity contribution < 1.29 is 18.3 Å². The van der Waals surface area contributed by atoms with Crippen molar-refractivity contribution in [3.8, 4) is 16.9 Å². The number of H-pyrrole nitrogens is 1. The van der Waals surface area contributed by atoms with Crippen LogP contribution in [-0.2, 0) is 21.2 Å². The molecule has 0 spiro atoms. The van der Waals surface area contributed by atoms with Gasteiger partial charge in [-0.3, -0.25) is 9.78 Å². The average molecular weight is 556 g/mol. The zero-order valence-electron chi connectivity index (χ0n) is 21.1. The number of nitrogens with two attached hydrogens (primary N) is 2. The Labute approximate surface area is 229 Å². The average Bonchev–Trinajstić information content (AvgIpc) is 3.43. The molecule has 7 N–H and O–H groups in total. The summed E-state index contributed by atoms with van der Waals surface area (Å²) in [7, 11) is -4.46. The molecule has 0 saturated heterocycles. The number of benzene rings is 3. The number of aromatic hydroxyl groups is 1. The van der Waals surface area contributed by atoms with Crippen LogP contribution in [0.25, 0.3) is 22.2 Å². The summed E-state index contributed by atoms with van der Waals surface area (Å²) in [6.45, 7) is 0. The molecule has 2 aromatic heterocycles. The van der Waals surface area contributed by atoms with E-state index in [2.05, 4.69) is 24.7 Å². The summed E-state index contributed by atoms with van der Waals surface area (Å²) >= 11 is 0. The molecule has 11 nitrogen and oxygen atoms in total. The van der Waals surface area contributed by atoms with Gasteiger partial charge in [0.1, 0.15) is 16.4 Å². The lowest BCUT2D eigenvalue weighted by atomic mass is 10.0. The van der Waals surface area contributed by atoms with Crippen molar-refractivity contribution in [1.82, 2.24) is 19.7 Å². The van der Waals surface area contributed by atoms with Gasteiger partial charge in [-0.1, -0.05) is 36.4 Å². The number of pyridine rings is 1. The number of amidine groups is 1. The molecule has 5 aromatic rings. The van der Waals surface area contributed by atoms with Crippen molar-refractivity contribution in [2.45, 2.75) is 17.7 Å². The SMILES string of the molecule is NC(=Nc1c(N)c(S(=O)(=O)NC(=O)CCc2cccnc2)cc(-c2ccccc2)c1O)c1ccc2nc[nH]c2c1. The van der Waals surface area contributed by atoms with Crippen LogP contribution >= 0.6 is 0 Å². The van der Waals surface area contributed by atoms with Crippen molar-refractivity contribution in [3.63, 3.8) is 0 Å². The highest BCUT2D eigenvalue weighted by Crippen LogP contribution is 2.45. The third kappa shape index (κ3) is 5.47. The van der Waals surface area contributed by atoms with Crippen LogP contribution in [-0.4, -0.2) is 40.2 Å². The summed E-state index contributed by atoms with van der Waals surface area (Å²) < 4.78 is 28.9. The molecule has 0 aliphatic rings. The first-order valence-corrected chi connectivity index (χ1v) is 13.6. The number of aryl methyl sites for hydroxylation is 1. The molecule has 2 heterocycles. The predicted molar refractivity (Wildman–Crippen MR) is 152 cm³/mol. The molecular formula is C28H25N7O4S. The standard InChI is InChI=1S/C28H25N7O4S/c29-25-23(40(38,39)35-24(36)11-8-17-5-4-12-31-15-17)14-20(18-6-2-1-3-7-18)27(37)26(25)34-28(30)19-9-10-21-22(13-19)33-16-32-21/h1-7,9-10,12-16,37H,8,11,29H2,(H2,30,34)(H,32,33)(H,35,36). The molecular weight excluding hydrogens is 530 g/mol. The second-order valence-electron chi connectivity index (χ2n) is 8.92. The summed E-state index contributed by atoms with van der Waals surface area (Å²) in [4.78, 5) is 27.7. The number of aromatic amines is 1. The maximum atomic E-state index is 13.4. The lowest BCUT2D eigenvalue weighted by Gasteiger charge is -2.16. The van der Waals surface area contributed by atoms with Gasteiger partial charge in [0.2, 0.25) is 5.91 Å². The second kappa shape index (κ2) is 10.9. The maximum absolute atomic E-state index is 13.4. The first-order chi connectivity index (χ1) is 19.2. The molecule has 1 amide bonds. The van der Waals surface area contributed by atoms with Gasteiger partial charge in [0.25, 0.3) is 10.0 Å². The number of amides is 1. The summed E-state index contributed by atoms with van der Waals surface area (Å²) in [6, 6.07) is 18.5. The van der Waals surface area contributed by atoms with E-state index < -0.39 is 20.8 Å². The van der Waals surface area contributed by atoms with Crippen molar-refractivity contribution in [1.29, 1.82) is 0 Å². The summed E-state index contributed by atoms with van der Waals surface area (Å²) in [6.07, 6.45) is 4.95. The van der Waals surface area contributed by atoms with Gasteiger partial charge in [0, 0.05) is 29.9 Å². The van der Waals surface area contributed by atoms with E-state index in [0.29, 0.717) is 23.1 Å². The number of sulfonamides is 1. The minimum atomic E-state index is -4.46. The lowest BCUT2D eigenvalue weighted by Crippen LogP contribution is -2.31. The maximum Gasteiger partial charge on any atom is 0.266 e. The molecule has 0 atom stereocenters. The molecule has 3 aromatic carbocycles. The van der Waals surface area contributed by atoms with Crippen LogP contribution in [0.1, 0.15) is 17.5 Å². The number of anilines is 1. The van der Waals surface area contributed by atoms with Crippen molar-refractivity contribution >= 4 is 44.2 Å². The van der Waals surface area contributed by atoms with Crippen LogP contribution < -0.4 is 16.2 Å². The predicted octanol–water partition coefficient (Wildman–Crippen LogP) is 3.39. The van der Waals surface area contributed by atoms with Crippen LogP contribution in [0.4, 0.5) is 11.4 Å². The van der Waals surface area contributed by atoms with Crippen LogP contribution in [0.5, 0.6) is 5.75 Å². The van der Waals surface area contributed by atoms with E-state index in [9.17, 15) is 18.3 Å². The number of phenolic OH excluding ortho intramolecular Hbond substituents is 1. The highest BCUT2D eigenvalue weighted by atomic mass is 32.2. The minimum Gasteiger partial charge on any atom is -0.505 e. The van der Waals surface area contributed by atoms with E-state index in [4.69, 9.17) is 11.5 Å². The van der Waals surface area contributed by atoms with Crippen LogP contribution in [0.15, 0.2) is 95.3 Å². The third-order valence-corrected chi connectivity index (χ3v) is 7.62. The Morgan fingerprint density at radius 3 is 2.62 bits per heavy atom. The Balaban J connectivity index is 1.55. The van der Waals surface area contributed by atoms with Gasteiger partial charge in [-0.25, -0.2) is 23.1 Å². The van der Waals surface area contributed by atoms with Gasteiger partial charge in [-0.15, -0.1) is 0 Å². The Morgan fingerprint density at radius 2 is 1.88 bits per heavy atom. The van der Waals surface area contributed by atoms with E-state index in [1.807, 2.05) is 0 Å². The lowest BCUT2D eigenvalue weighted by molar-refractivity contribution is -0.119. The molecule has 0 unspecified atom stereocenters. The zero-order valence-corrected chi connectivity index (χ0v) is 21.9. The minimum absolute atomic E-state index is 0.0208. The quantitative estimate of drug-likeness (QED) is 0.109. The Hall–Kier alpha value is -5.23. The zero-order chi connectivity index (χ0) is 28.3. The Bertz CT molecular complexity index is 1840. The Kier molecular flexibility index (Phi) is 7.17. The van der Waals surface area contributed by atoms with E-state index in [0.717, 1.165) is 11.1 Å². The van der Waals surface area contributed by atoms with Crippen LogP contribution in [0.3, 0.4) is 0 Å². The van der Waals surface area contributed by atoms with Gasteiger partial charge < -0.3 is 21.6 Å². The summed E-state index contributed by atoms with van der Waals surface area (Å²) in [5, 5.41) is 11.2. The number of nitrogen functional groups attached to an aromatic ring is 1. The number of nitrogens with zero attached hydrogens (tertiary/aromatic N) is 3. The molecule has 0 saturated carbocycles. The first-order valence-electron chi connectivity index (χ1n) is 12.2. The van der Waals surface area contributed by atoms with Gasteiger partial charge >= 0.3 is 0 Å². The molecule has 5 rings (SSSR count). The molecule has 12 heteroatoms. The fourth-order valence-electron chi connectivity index (χ4n) is 4.16. The largest absolute Gasteiger partial charge is 0.505 e. The number of nitrogens with one attached hydrogen (secondary N) is 2. The van der Waals surface area contributed by atoms with Gasteiger partial charge in [-0.2, -0.15) is 0 Å². The van der Waals surface area contributed by atoms with Crippen LogP contribution in [0, 0.1) is 0 Å². The fraction of sp³-hybridized carbons (Fsp3) is 0.0714. The van der Waals surface area contributed by atoms with E-state index in [1.54, 1.807) is 73.1 Å². The summed E-state index contributed by atoms with van der Waals surface area (Å²) in [5.41, 5.74) is 15.3. The number of imidazole rings is 1. The van der Waals surface area contributed by atoms with Gasteiger partial charge in [0.05, 0.1) is 23.0 Å². The smallest absolute Gasteiger partial charge is 0.266 e. The number of hydrogen-bond donors (Lipinski definition) is 5. The monoisotopic (exact) mass is 555 g/mol. The van der Waals surface area contributed by atoms with E-state index in [1.165, 1.54) is 12.4 Å². The Morgan fingerprint density at radius 1 is 1.07 bits per heavy atom. The molecule has 0 aliphatic carbocycles. The number of carbonyl (C=O) groups is 1. The number of fused-ring (bicyclic) bond motifs is 1. The number of rotatable bonds is 8. The molecule has 0 bridgehead atoms. The highest BCUT2D eigenvalue weighted by Gasteiger charge is 2.27. The second-order valence-corrected chi connectivity index (χ2v) is 10.6. The number of aliphatic imine (C=N–C) groups is 1.